The van der Waals surface area contributed by atoms with Crippen LogP contribution in [0.3, 0.4) is 0 Å². The molecule has 3 aromatic carbocycles. The third-order valence-electron chi connectivity index (χ3n) is 11.7. The van der Waals surface area contributed by atoms with E-state index in [0.717, 1.165) is 24.1 Å². The number of anilines is 1. The number of benzene rings is 3. The van der Waals surface area contributed by atoms with E-state index in [4.69, 9.17) is 16.3 Å². The van der Waals surface area contributed by atoms with E-state index in [0.29, 0.717) is 57.8 Å². The summed E-state index contributed by atoms with van der Waals surface area (Å²) in [4.78, 5) is 27.4. The molecule has 0 aromatic heterocycles. The maximum absolute atomic E-state index is 14.1. The summed E-state index contributed by atoms with van der Waals surface area (Å²) in [5.41, 5.74) is 4.52. The van der Waals surface area contributed by atoms with Crippen LogP contribution in [0.25, 0.3) is 11.1 Å². The molecule has 8 atom stereocenters. The lowest BCUT2D eigenvalue weighted by Crippen LogP contribution is -2.63. The van der Waals surface area contributed by atoms with Crippen LogP contribution in [0, 0.1) is 29.1 Å². The molecule has 0 saturated heterocycles. The Hall–Kier alpha value is -3.67. The number of methoxy groups -OCH3 is 1. The van der Waals surface area contributed by atoms with Gasteiger partial charge in [0.1, 0.15) is 5.75 Å². The van der Waals surface area contributed by atoms with Gasteiger partial charge in [-0.1, -0.05) is 62.7 Å². The zero-order chi connectivity index (χ0) is 37.7. The van der Waals surface area contributed by atoms with Gasteiger partial charge >= 0.3 is 0 Å². The van der Waals surface area contributed by atoms with Crippen LogP contribution >= 0.6 is 11.6 Å². The molecule has 0 unspecified atom stereocenters. The number of carbonyl (C=O) groups is 2. The second-order valence-electron chi connectivity index (χ2n) is 15.2. The standard InChI is InChI=1S/C41H55ClN4O6/c1-23-33-18-29(41(33,3)4)19-34(23)46-40(51)37(36(24(2)48)35(49)22-47)45-21-28-15-30(42)20-32(38(28)52-6)26-14-27(17-31(16-26)43-5)39(50)44-13-12-25-10-8-7-9-11-25/h7-11,14-17,20,23-24,29,33-37,43,45,47-49H,12-13,18-19,21-22H2,1-6H3,(H,44,50)(H,46,51)/t23-,24-,29+,33-,34-,35-,36+,37-/m0/s1. The Morgan fingerprint density at radius 1 is 1.06 bits per heavy atom. The van der Waals surface area contributed by atoms with Gasteiger partial charge in [-0.3, -0.25) is 9.59 Å². The van der Waals surface area contributed by atoms with Crippen LogP contribution in [0.2, 0.25) is 5.02 Å². The molecule has 3 aromatic rings. The fraction of sp³-hybridized carbons (Fsp3) is 0.512. The summed E-state index contributed by atoms with van der Waals surface area (Å²) >= 11 is 6.71. The number of hydrogen-bond acceptors (Lipinski definition) is 8. The van der Waals surface area contributed by atoms with Gasteiger partial charge in [0.2, 0.25) is 5.91 Å². The molecule has 2 bridgehead atoms. The summed E-state index contributed by atoms with van der Waals surface area (Å²) in [5, 5.41) is 44.7. The van der Waals surface area contributed by atoms with E-state index in [1.807, 2.05) is 36.4 Å². The van der Waals surface area contributed by atoms with E-state index in [2.05, 4.69) is 42.0 Å². The number of hydrogen-bond donors (Lipinski definition) is 7. The van der Waals surface area contributed by atoms with Crippen molar-refractivity contribution in [3.05, 3.63) is 82.4 Å². The van der Waals surface area contributed by atoms with Gasteiger partial charge in [0, 0.05) is 59.5 Å². The first-order valence-corrected chi connectivity index (χ1v) is 18.7. The van der Waals surface area contributed by atoms with Crippen molar-refractivity contribution in [2.24, 2.45) is 29.1 Å². The van der Waals surface area contributed by atoms with Gasteiger partial charge in [0.05, 0.1) is 32.0 Å². The van der Waals surface area contributed by atoms with Crippen molar-refractivity contribution in [3.8, 4) is 16.9 Å². The van der Waals surface area contributed by atoms with Crippen LogP contribution in [-0.2, 0) is 17.8 Å². The van der Waals surface area contributed by atoms with E-state index < -0.39 is 30.8 Å². The Morgan fingerprint density at radius 3 is 2.40 bits per heavy atom. The lowest BCUT2D eigenvalue weighted by molar-refractivity contribution is -0.139. The number of fused-ring (bicyclic) bond motifs is 2. The van der Waals surface area contributed by atoms with Crippen LogP contribution in [0.15, 0.2) is 60.7 Å². The quantitative estimate of drug-likeness (QED) is 0.108. The van der Waals surface area contributed by atoms with Gasteiger partial charge in [0.25, 0.3) is 5.91 Å². The average molecular weight is 735 g/mol. The molecule has 3 saturated carbocycles. The van der Waals surface area contributed by atoms with Crippen LogP contribution in [0.4, 0.5) is 5.69 Å². The van der Waals surface area contributed by atoms with Crippen molar-refractivity contribution < 1.29 is 29.6 Å². The van der Waals surface area contributed by atoms with Crippen molar-refractivity contribution in [1.82, 2.24) is 16.0 Å². The van der Waals surface area contributed by atoms with Crippen molar-refractivity contribution in [2.75, 3.05) is 32.6 Å². The fourth-order valence-electron chi connectivity index (χ4n) is 8.54. The monoisotopic (exact) mass is 734 g/mol. The van der Waals surface area contributed by atoms with Crippen molar-refractivity contribution >= 4 is 29.1 Å². The van der Waals surface area contributed by atoms with E-state index in [9.17, 15) is 24.9 Å². The Morgan fingerprint density at radius 2 is 1.79 bits per heavy atom. The molecule has 3 aliphatic rings. The Kier molecular flexibility index (Phi) is 12.9. The van der Waals surface area contributed by atoms with Gasteiger partial charge in [-0.05, 0) is 90.8 Å². The highest BCUT2D eigenvalue weighted by atomic mass is 35.5. The first kappa shape index (κ1) is 39.5. The predicted octanol–water partition coefficient (Wildman–Crippen LogP) is 5.03. The summed E-state index contributed by atoms with van der Waals surface area (Å²) in [5.74, 6) is 0.227. The molecule has 7 N–H and O–H groups in total. The molecular weight excluding hydrogens is 680 g/mol. The number of rotatable bonds is 16. The molecule has 3 fully saturated rings. The molecule has 11 heteroatoms. The lowest BCUT2D eigenvalue weighted by Gasteiger charge is -2.62. The summed E-state index contributed by atoms with van der Waals surface area (Å²) in [6.07, 6.45) is 0.274. The van der Waals surface area contributed by atoms with Gasteiger partial charge in [0.15, 0.2) is 0 Å². The van der Waals surface area contributed by atoms with E-state index in [1.165, 1.54) is 6.92 Å². The number of aliphatic hydroxyl groups excluding tert-OH is 3. The molecule has 0 spiro atoms. The van der Waals surface area contributed by atoms with Crippen molar-refractivity contribution in [3.63, 3.8) is 0 Å². The number of ether oxygens (including phenoxy) is 1. The second-order valence-corrected chi connectivity index (χ2v) is 15.6. The van der Waals surface area contributed by atoms with Gasteiger partial charge < -0.3 is 41.3 Å². The first-order chi connectivity index (χ1) is 24.8. The van der Waals surface area contributed by atoms with E-state index >= 15 is 0 Å². The molecule has 6 rings (SSSR count). The molecular formula is C41H55ClN4O6. The maximum atomic E-state index is 14.1. The number of aliphatic hydroxyl groups is 3. The molecule has 52 heavy (non-hydrogen) atoms. The highest BCUT2D eigenvalue weighted by Crippen LogP contribution is 2.61. The number of nitrogens with one attached hydrogen (secondary N) is 4. The van der Waals surface area contributed by atoms with Crippen molar-refractivity contribution in [1.29, 1.82) is 0 Å². The van der Waals surface area contributed by atoms with E-state index in [1.54, 1.807) is 38.4 Å². The van der Waals surface area contributed by atoms with Crippen LogP contribution in [0.5, 0.6) is 5.75 Å². The average Bonchev–Trinajstić information content (AvgIpc) is 3.13. The lowest BCUT2D eigenvalue weighted by atomic mass is 9.45. The summed E-state index contributed by atoms with van der Waals surface area (Å²) < 4.78 is 5.96. The molecule has 282 valence electrons. The zero-order valence-electron chi connectivity index (χ0n) is 31.1. The predicted molar refractivity (Wildman–Crippen MR) is 205 cm³/mol. The molecule has 0 aliphatic heterocycles. The van der Waals surface area contributed by atoms with Crippen LogP contribution in [-0.4, -0.2) is 78.7 Å². The molecule has 3 aliphatic carbocycles. The first-order valence-electron chi connectivity index (χ1n) is 18.3. The van der Waals surface area contributed by atoms with E-state index in [-0.39, 0.29) is 35.7 Å². The Balaban J connectivity index is 1.40. The molecule has 0 heterocycles. The SMILES string of the molecule is CNc1cc(C(=O)NCCc2ccccc2)cc(-c2cc(Cl)cc(CN[C@H](C(=O)N[C@H]3C[C@H]4C[C@@H]([C@@H]3C)C4(C)C)[C@H]([C@H](C)O)[C@@H](O)CO)c2OC)c1. The third kappa shape index (κ3) is 8.58. The number of carbonyl (C=O) groups excluding carboxylic acids is 2. The van der Waals surface area contributed by atoms with Crippen LogP contribution in [0.1, 0.15) is 62.0 Å². The normalized spacial score (nSPS) is 22.7. The highest BCUT2D eigenvalue weighted by Gasteiger charge is 2.56. The number of halogens is 1. The second kappa shape index (κ2) is 17.0. The minimum absolute atomic E-state index is 0.0361. The fourth-order valence-corrected chi connectivity index (χ4v) is 8.78. The summed E-state index contributed by atoms with van der Waals surface area (Å²) in [7, 11) is 3.33. The molecule has 10 nitrogen and oxygen atoms in total. The topological polar surface area (TPSA) is 152 Å². The number of amides is 2. The third-order valence-corrected chi connectivity index (χ3v) is 11.9. The van der Waals surface area contributed by atoms with Gasteiger partial charge in [-0.25, -0.2) is 0 Å². The smallest absolute Gasteiger partial charge is 0.251 e. The Labute approximate surface area is 312 Å². The maximum Gasteiger partial charge on any atom is 0.251 e. The highest BCUT2D eigenvalue weighted by molar-refractivity contribution is 6.31. The minimum Gasteiger partial charge on any atom is -0.496 e. The van der Waals surface area contributed by atoms with Crippen molar-refractivity contribution in [2.45, 2.75) is 77.8 Å². The zero-order valence-corrected chi connectivity index (χ0v) is 31.8. The largest absolute Gasteiger partial charge is 0.496 e. The molecule has 2 amide bonds. The van der Waals surface area contributed by atoms with Gasteiger partial charge in [-0.2, -0.15) is 0 Å². The van der Waals surface area contributed by atoms with Gasteiger partial charge in [-0.15, -0.1) is 0 Å². The minimum atomic E-state index is -1.35. The summed E-state index contributed by atoms with van der Waals surface area (Å²) in [6.45, 7) is 8.25. The summed E-state index contributed by atoms with van der Waals surface area (Å²) in [6, 6.07) is 17.9. The Bertz CT molecular complexity index is 1700. The van der Waals surface area contributed by atoms with Crippen LogP contribution < -0.4 is 26.0 Å². The molecule has 0 radical (unpaired) electrons.